The van der Waals surface area contributed by atoms with Gasteiger partial charge in [0.05, 0.1) is 11.6 Å². The van der Waals surface area contributed by atoms with Crippen LogP contribution in [-0.4, -0.2) is 10.7 Å². The molecule has 2 rings (SSSR count). The first-order valence-corrected chi connectivity index (χ1v) is 8.72. The molecule has 2 aromatic rings. The lowest BCUT2D eigenvalue weighted by Gasteiger charge is -2.13. The van der Waals surface area contributed by atoms with Crippen LogP contribution in [0, 0.1) is 0 Å². The van der Waals surface area contributed by atoms with Gasteiger partial charge in [0.25, 0.3) is 0 Å². The zero-order chi connectivity index (χ0) is 14.6. The van der Waals surface area contributed by atoms with E-state index in [0.717, 1.165) is 12.3 Å². The molecule has 0 fully saturated rings. The Bertz CT molecular complexity index is 556. The van der Waals surface area contributed by atoms with Crippen LogP contribution >= 0.6 is 23.1 Å². The first kappa shape index (κ1) is 15.4. The van der Waals surface area contributed by atoms with Crippen molar-refractivity contribution in [2.75, 3.05) is 11.1 Å². The van der Waals surface area contributed by atoms with Crippen molar-refractivity contribution in [3.05, 3.63) is 40.3 Å². The molecule has 0 atom stereocenters. The predicted molar refractivity (Wildman–Crippen MR) is 91.0 cm³/mol. The van der Waals surface area contributed by atoms with Crippen molar-refractivity contribution < 1.29 is 0 Å². The zero-order valence-electron chi connectivity index (χ0n) is 12.6. The first-order chi connectivity index (χ1) is 9.50. The summed E-state index contributed by atoms with van der Waals surface area (Å²) in [4.78, 5) is 7.13. The summed E-state index contributed by atoms with van der Waals surface area (Å²) in [5.41, 5.74) is 1.35. The van der Waals surface area contributed by atoms with Crippen LogP contribution in [0.4, 0.5) is 5.69 Å². The van der Waals surface area contributed by atoms with Gasteiger partial charge < -0.3 is 5.32 Å². The van der Waals surface area contributed by atoms with E-state index in [1.807, 2.05) is 18.0 Å². The molecule has 0 aliphatic heterocycles. The SMILES string of the molecule is CCSc1ccccc1NCc1cnc(C(C)(C)C)s1. The summed E-state index contributed by atoms with van der Waals surface area (Å²) in [5, 5.41) is 4.73. The van der Waals surface area contributed by atoms with E-state index < -0.39 is 0 Å². The topological polar surface area (TPSA) is 24.9 Å². The summed E-state index contributed by atoms with van der Waals surface area (Å²) in [6.45, 7) is 9.64. The summed E-state index contributed by atoms with van der Waals surface area (Å²) >= 11 is 3.67. The number of hydrogen-bond acceptors (Lipinski definition) is 4. The second-order valence-electron chi connectivity index (χ2n) is 5.66. The summed E-state index contributed by atoms with van der Waals surface area (Å²) in [5.74, 6) is 1.09. The Morgan fingerprint density at radius 3 is 2.65 bits per heavy atom. The Balaban J connectivity index is 2.04. The molecular weight excluding hydrogens is 284 g/mol. The maximum atomic E-state index is 4.53. The smallest absolute Gasteiger partial charge is 0.0981 e. The first-order valence-electron chi connectivity index (χ1n) is 6.91. The molecule has 0 aliphatic carbocycles. The maximum Gasteiger partial charge on any atom is 0.0981 e. The van der Waals surface area contributed by atoms with E-state index in [4.69, 9.17) is 0 Å². The van der Waals surface area contributed by atoms with Gasteiger partial charge in [-0.15, -0.1) is 23.1 Å². The molecule has 0 saturated heterocycles. The number of nitrogens with one attached hydrogen (secondary N) is 1. The van der Waals surface area contributed by atoms with E-state index in [2.05, 4.69) is 62.3 Å². The van der Waals surface area contributed by atoms with Gasteiger partial charge >= 0.3 is 0 Å². The normalized spacial score (nSPS) is 11.6. The van der Waals surface area contributed by atoms with Crippen LogP contribution in [0.25, 0.3) is 0 Å². The minimum Gasteiger partial charge on any atom is -0.379 e. The van der Waals surface area contributed by atoms with Crippen LogP contribution < -0.4 is 5.32 Å². The molecule has 0 spiro atoms. The highest BCUT2D eigenvalue weighted by Gasteiger charge is 2.17. The third-order valence-electron chi connectivity index (χ3n) is 2.84. The van der Waals surface area contributed by atoms with Gasteiger partial charge in [0.15, 0.2) is 0 Å². The minimum absolute atomic E-state index is 0.138. The molecule has 0 saturated carbocycles. The van der Waals surface area contributed by atoms with Crippen molar-refractivity contribution >= 4 is 28.8 Å². The molecule has 108 valence electrons. The maximum absolute atomic E-state index is 4.53. The van der Waals surface area contributed by atoms with E-state index in [-0.39, 0.29) is 5.41 Å². The minimum atomic E-state index is 0.138. The Labute approximate surface area is 130 Å². The van der Waals surface area contributed by atoms with Crippen LogP contribution in [0.15, 0.2) is 35.4 Å². The summed E-state index contributed by atoms with van der Waals surface area (Å²) in [6, 6.07) is 8.48. The van der Waals surface area contributed by atoms with Gasteiger partial charge in [-0.25, -0.2) is 4.98 Å². The lowest BCUT2D eigenvalue weighted by Crippen LogP contribution is -2.09. The largest absolute Gasteiger partial charge is 0.379 e. The number of benzene rings is 1. The molecule has 2 nitrogen and oxygen atoms in total. The van der Waals surface area contributed by atoms with Crippen molar-refractivity contribution in [3.8, 4) is 0 Å². The van der Waals surface area contributed by atoms with Crippen molar-refractivity contribution in [2.24, 2.45) is 0 Å². The molecule has 20 heavy (non-hydrogen) atoms. The molecule has 1 aromatic heterocycles. The number of hydrogen-bond donors (Lipinski definition) is 1. The molecular formula is C16H22N2S2. The van der Waals surface area contributed by atoms with E-state index in [9.17, 15) is 0 Å². The number of aromatic nitrogens is 1. The molecule has 0 radical (unpaired) electrons. The quantitative estimate of drug-likeness (QED) is 0.772. The van der Waals surface area contributed by atoms with Gasteiger partial charge in [-0.05, 0) is 17.9 Å². The van der Waals surface area contributed by atoms with E-state index in [1.165, 1.54) is 20.5 Å². The van der Waals surface area contributed by atoms with Gasteiger partial charge in [-0.2, -0.15) is 0 Å². The zero-order valence-corrected chi connectivity index (χ0v) is 14.2. The fourth-order valence-electron chi connectivity index (χ4n) is 1.81. The second kappa shape index (κ2) is 6.64. The molecule has 1 aromatic carbocycles. The predicted octanol–water partition coefficient (Wildman–Crippen LogP) is 5.16. The lowest BCUT2D eigenvalue weighted by atomic mass is 9.98. The fraction of sp³-hybridized carbons (Fsp3) is 0.438. The Kier molecular flexibility index (Phi) is 5.11. The van der Waals surface area contributed by atoms with Crippen LogP contribution in [0.3, 0.4) is 0 Å². The number of para-hydroxylation sites is 1. The molecule has 0 bridgehead atoms. The number of thioether (sulfide) groups is 1. The average molecular weight is 306 g/mol. The number of rotatable bonds is 5. The third kappa shape index (κ3) is 4.00. The molecule has 1 heterocycles. The van der Waals surface area contributed by atoms with Crippen LogP contribution in [-0.2, 0) is 12.0 Å². The van der Waals surface area contributed by atoms with Crippen molar-refractivity contribution in [3.63, 3.8) is 0 Å². The monoisotopic (exact) mass is 306 g/mol. The average Bonchev–Trinajstić information content (AvgIpc) is 2.87. The lowest BCUT2D eigenvalue weighted by molar-refractivity contribution is 0.585. The molecule has 0 amide bonds. The van der Waals surface area contributed by atoms with E-state index in [0.29, 0.717) is 0 Å². The van der Waals surface area contributed by atoms with Crippen molar-refractivity contribution in [1.29, 1.82) is 0 Å². The van der Waals surface area contributed by atoms with Gasteiger partial charge in [0, 0.05) is 27.1 Å². The molecule has 0 unspecified atom stereocenters. The summed E-state index contributed by atoms with van der Waals surface area (Å²) in [6.07, 6.45) is 1.99. The second-order valence-corrected chi connectivity index (χ2v) is 8.09. The van der Waals surface area contributed by atoms with Crippen LogP contribution in [0.5, 0.6) is 0 Å². The van der Waals surface area contributed by atoms with Gasteiger partial charge in [0.1, 0.15) is 0 Å². The number of nitrogens with zero attached hydrogens (tertiary/aromatic N) is 1. The Morgan fingerprint density at radius 2 is 2.00 bits per heavy atom. The molecule has 4 heteroatoms. The standard InChI is InChI=1S/C16H22N2S2/c1-5-19-14-9-7-6-8-13(14)17-10-12-11-18-15(20-12)16(2,3)4/h6-9,11,17H,5,10H2,1-4H3. The van der Waals surface area contributed by atoms with Crippen LogP contribution in [0.1, 0.15) is 37.6 Å². The van der Waals surface area contributed by atoms with Gasteiger partial charge in [-0.1, -0.05) is 39.8 Å². The van der Waals surface area contributed by atoms with Gasteiger partial charge in [-0.3, -0.25) is 0 Å². The third-order valence-corrected chi connectivity index (χ3v) is 5.21. The summed E-state index contributed by atoms with van der Waals surface area (Å²) < 4.78 is 0. The van der Waals surface area contributed by atoms with Gasteiger partial charge in [0.2, 0.25) is 0 Å². The van der Waals surface area contributed by atoms with E-state index in [1.54, 1.807) is 11.3 Å². The molecule has 1 N–H and O–H groups in total. The number of thiazole rings is 1. The highest BCUT2D eigenvalue weighted by molar-refractivity contribution is 7.99. The Hall–Kier alpha value is -1.00. The molecule has 0 aliphatic rings. The van der Waals surface area contributed by atoms with E-state index >= 15 is 0 Å². The summed E-state index contributed by atoms with van der Waals surface area (Å²) in [7, 11) is 0. The van der Waals surface area contributed by atoms with Crippen molar-refractivity contribution in [2.45, 2.75) is 44.6 Å². The highest BCUT2D eigenvalue weighted by Crippen LogP contribution is 2.29. The number of anilines is 1. The van der Waals surface area contributed by atoms with Crippen molar-refractivity contribution in [1.82, 2.24) is 4.98 Å². The Morgan fingerprint density at radius 1 is 1.25 bits per heavy atom. The highest BCUT2D eigenvalue weighted by atomic mass is 32.2. The van der Waals surface area contributed by atoms with Crippen LogP contribution in [0.2, 0.25) is 0 Å². The fourth-order valence-corrected chi connectivity index (χ4v) is 3.50.